The van der Waals surface area contributed by atoms with Gasteiger partial charge in [-0.1, -0.05) is 0 Å². The predicted octanol–water partition coefficient (Wildman–Crippen LogP) is 2.82. The lowest BCUT2D eigenvalue weighted by Gasteiger charge is -2.36. The van der Waals surface area contributed by atoms with Gasteiger partial charge in [-0.2, -0.15) is 5.10 Å². The molecule has 1 N–H and O–H groups in total. The first-order chi connectivity index (χ1) is 13.8. The maximum Gasteiger partial charge on any atom is 0.410 e. The average molecular weight is 407 g/mol. The maximum absolute atomic E-state index is 12.4. The van der Waals surface area contributed by atoms with Crippen molar-refractivity contribution in [2.75, 3.05) is 39.3 Å². The van der Waals surface area contributed by atoms with Gasteiger partial charge in [-0.25, -0.2) is 4.79 Å². The summed E-state index contributed by atoms with van der Waals surface area (Å²) in [5.41, 5.74) is -0.457. The summed E-state index contributed by atoms with van der Waals surface area (Å²) in [6.45, 7) is 15.5. The number of hydrogen-bond donors (Lipinski definition) is 1. The Morgan fingerprint density at radius 1 is 1.31 bits per heavy atom. The van der Waals surface area contributed by atoms with Gasteiger partial charge in [0.1, 0.15) is 5.60 Å². The molecule has 2 heterocycles. The lowest BCUT2D eigenvalue weighted by molar-refractivity contribution is 0.0214. The fourth-order valence-electron chi connectivity index (χ4n) is 3.42. The third kappa shape index (κ3) is 7.95. The Hall–Kier alpha value is -2.25. The van der Waals surface area contributed by atoms with Crippen LogP contribution in [-0.2, 0) is 11.3 Å². The molecule has 1 aromatic heterocycles. The molecule has 0 aromatic carbocycles. The number of aliphatic imine (C=N–C) groups is 1. The number of carbonyl (C=O) groups is 1. The zero-order valence-corrected chi connectivity index (χ0v) is 18.7. The summed E-state index contributed by atoms with van der Waals surface area (Å²) < 4.78 is 7.44. The molecule has 1 amide bonds. The van der Waals surface area contributed by atoms with E-state index < -0.39 is 5.60 Å². The molecule has 0 aliphatic carbocycles. The van der Waals surface area contributed by atoms with Crippen LogP contribution in [0.3, 0.4) is 0 Å². The van der Waals surface area contributed by atoms with Crippen LogP contribution in [0.2, 0.25) is 0 Å². The van der Waals surface area contributed by atoms with Crippen LogP contribution in [0.4, 0.5) is 4.79 Å². The van der Waals surface area contributed by atoms with Crippen molar-refractivity contribution in [1.29, 1.82) is 0 Å². The van der Waals surface area contributed by atoms with Gasteiger partial charge >= 0.3 is 6.09 Å². The van der Waals surface area contributed by atoms with Crippen molar-refractivity contribution in [1.82, 2.24) is 24.9 Å². The molecule has 0 unspecified atom stereocenters. The number of likely N-dealkylation sites (tertiary alicyclic amines) is 1. The molecule has 8 heteroatoms. The van der Waals surface area contributed by atoms with Crippen LogP contribution in [0.15, 0.2) is 23.5 Å². The first-order valence-corrected chi connectivity index (χ1v) is 10.8. The first-order valence-electron chi connectivity index (χ1n) is 10.8. The summed E-state index contributed by atoms with van der Waals surface area (Å²) in [6.07, 6.45) is 5.62. The van der Waals surface area contributed by atoms with Crippen molar-refractivity contribution in [3.63, 3.8) is 0 Å². The van der Waals surface area contributed by atoms with Gasteiger partial charge in [-0.05, 0) is 59.4 Å². The number of amides is 1. The van der Waals surface area contributed by atoms with Crippen LogP contribution in [-0.4, -0.2) is 76.5 Å². The van der Waals surface area contributed by atoms with E-state index in [1.165, 1.54) is 0 Å². The molecule has 29 heavy (non-hydrogen) atoms. The highest BCUT2D eigenvalue weighted by Gasteiger charge is 2.27. The Bertz CT molecular complexity index is 630. The predicted molar refractivity (Wildman–Crippen MR) is 116 cm³/mol. The van der Waals surface area contributed by atoms with E-state index in [0.717, 1.165) is 51.5 Å². The van der Waals surface area contributed by atoms with Gasteiger partial charge in [0.2, 0.25) is 0 Å². The average Bonchev–Trinajstić information content (AvgIpc) is 3.18. The van der Waals surface area contributed by atoms with Crippen molar-refractivity contribution < 1.29 is 9.53 Å². The highest BCUT2D eigenvalue weighted by Crippen LogP contribution is 2.20. The summed E-state index contributed by atoms with van der Waals surface area (Å²) in [5, 5.41) is 7.63. The topological polar surface area (TPSA) is 75.0 Å². The number of rotatable bonds is 7. The van der Waals surface area contributed by atoms with Crippen LogP contribution in [0.25, 0.3) is 0 Å². The van der Waals surface area contributed by atoms with Crippen LogP contribution < -0.4 is 5.32 Å². The highest BCUT2D eigenvalue weighted by molar-refractivity contribution is 5.80. The number of piperidine rings is 1. The van der Waals surface area contributed by atoms with Crippen molar-refractivity contribution in [2.24, 2.45) is 10.9 Å². The Labute approximate surface area is 175 Å². The van der Waals surface area contributed by atoms with Crippen molar-refractivity contribution in [3.05, 3.63) is 18.5 Å². The Morgan fingerprint density at radius 2 is 2.03 bits per heavy atom. The number of nitrogens with one attached hydrogen (secondary N) is 1. The summed E-state index contributed by atoms with van der Waals surface area (Å²) in [4.78, 5) is 21.3. The van der Waals surface area contributed by atoms with Gasteiger partial charge in [0.25, 0.3) is 0 Å². The molecule has 1 aromatic rings. The van der Waals surface area contributed by atoms with E-state index in [4.69, 9.17) is 9.73 Å². The molecule has 0 bridgehead atoms. The highest BCUT2D eigenvalue weighted by atomic mass is 16.6. The van der Waals surface area contributed by atoms with E-state index in [-0.39, 0.29) is 6.09 Å². The van der Waals surface area contributed by atoms with Gasteiger partial charge in [0, 0.05) is 45.1 Å². The molecule has 164 valence electrons. The minimum atomic E-state index is -0.457. The SMILES string of the molecule is CCNC(=NCCn1cccn1)N1CCC(CN(CC)C(=O)OC(C)(C)C)CC1. The smallest absolute Gasteiger partial charge is 0.410 e. The number of nitrogens with zero attached hydrogens (tertiary/aromatic N) is 5. The molecule has 1 aliphatic rings. The van der Waals surface area contributed by atoms with Crippen LogP contribution >= 0.6 is 0 Å². The second-order valence-corrected chi connectivity index (χ2v) is 8.45. The van der Waals surface area contributed by atoms with E-state index in [2.05, 4.69) is 22.2 Å². The lowest BCUT2D eigenvalue weighted by atomic mass is 9.96. The van der Waals surface area contributed by atoms with Crippen LogP contribution in [0.1, 0.15) is 47.5 Å². The molecule has 8 nitrogen and oxygen atoms in total. The number of hydrogen-bond acceptors (Lipinski definition) is 4. The third-order valence-corrected chi connectivity index (χ3v) is 4.91. The third-order valence-electron chi connectivity index (χ3n) is 4.91. The Kier molecular flexibility index (Phi) is 8.79. The lowest BCUT2D eigenvalue weighted by Crippen LogP contribution is -2.48. The summed E-state index contributed by atoms with van der Waals surface area (Å²) in [6, 6.07) is 1.93. The van der Waals surface area contributed by atoms with E-state index in [1.807, 2.05) is 49.5 Å². The second-order valence-electron chi connectivity index (χ2n) is 8.45. The molecule has 0 radical (unpaired) electrons. The quantitative estimate of drug-likeness (QED) is 0.557. The number of guanidine groups is 1. The monoisotopic (exact) mass is 406 g/mol. The molecule has 2 rings (SSSR count). The minimum Gasteiger partial charge on any atom is -0.444 e. The Balaban J connectivity index is 1.84. The van der Waals surface area contributed by atoms with E-state index in [9.17, 15) is 4.79 Å². The summed E-state index contributed by atoms with van der Waals surface area (Å²) >= 11 is 0. The fourth-order valence-corrected chi connectivity index (χ4v) is 3.42. The molecule has 0 saturated carbocycles. The molecular formula is C21H38N6O2. The van der Waals surface area contributed by atoms with E-state index in [1.54, 1.807) is 6.20 Å². The molecule has 1 fully saturated rings. The molecule has 0 spiro atoms. The van der Waals surface area contributed by atoms with E-state index >= 15 is 0 Å². The zero-order valence-electron chi connectivity index (χ0n) is 18.7. The number of ether oxygens (including phenoxy) is 1. The van der Waals surface area contributed by atoms with Gasteiger partial charge in [0.05, 0.1) is 13.1 Å². The van der Waals surface area contributed by atoms with Crippen LogP contribution in [0.5, 0.6) is 0 Å². The van der Waals surface area contributed by atoms with Crippen LogP contribution in [0, 0.1) is 5.92 Å². The zero-order chi connectivity index (χ0) is 21.3. The number of aromatic nitrogens is 2. The largest absolute Gasteiger partial charge is 0.444 e. The molecule has 0 atom stereocenters. The minimum absolute atomic E-state index is 0.212. The van der Waals surface area contributed by atoms with Gasteiger partial charge in [-0.15, -0.1) is 0 Å². The van der Waals surface area contributed by atoms with Crippen molar-refractivity contribution in [3.8, 4) is 0 Å². The molecule has 1 saturated heterocycles. The van der Waals surface area contributed by atoms with Gasteiger partial charge in [0.15, 0.2) is 5.96 Å². The summed E-state index contributed by atoms with van der Waals surface area (Å²) in [5.74, 6) is 1.46. The maximum atomic E-state index is 12.4. The van der Waals surface area contributed by atoms with Gasteiger partial charge < -0.3 is 19.9 Å². The van der Waals surface area contributed by atoms with Crippen molar-refractivity contribution >= 4 is 12.1 Å². The molecular weight excluding hydrogens is 368 g/mol. The van der Waals surface area contributed by atoms with E-state index in [0.29, 0.717) is 19.0 Å². The summed E-state index contributed by atoms with van der Waals surface area (Å²) in [7, 11) is 0. The molecule has 1 aliphatic heterocycles. The number of carbonyl (C=O) groups excluding carboxylic acids is 1. The Morgan fingerprint density at radius 3 is 2.59 bits per heavy atom. The first kappa shape index (κ1) is 23.0. The standard InChI is InChI=1S/C21H38N6O2/c1-6-22-19(23-12-16-27-13-8-11-24-27)26-14-9-18(10-15-26)17-25(7-2)20(28)29-21(3,4)5/h8,11,13,18H,6-7,9-10,12,14-17H2,1-5H3,(H,22,23). The normalized spacial score (nSPS) is 16.0. The fraction of sp³-hybridized carbons (Fsp3) is 0.762. The van der Waals surface area contributed by atoms with Crippen molar-refractivity contribution in [2.45, 2.75) is 59.6 Å². The van der Waals surface area contributed by atoms with Gasteiger partial charge in [-0.3, -0.25) is 9.67 Å². The second kappa shape index (κ2) is 11.1.